The van der Waals surface area contributed by atoms with Crippen molar-refractivity contribution >= 4 is 46.6 Å². The van der Waals surface area contributed by atoms with Crippen molar-refractivity contribution in [2.24, 2.45) is 4.99 Å². The highest BCUT2D eigenvalue weighted by atomic mass is 127. The summed E-state index contributed by atoms with van der Waals surface area (Å²) in [5.41, 5.74) is 2.48. The van der Waals surface area contributed by atoms with Gasteiger partial charge >= 0.3 is 0 Å². The van der Waals surface area contributed by atoms with Crippen molar-refractivity contribution in [2.45, 2.75) is 26.4 Å². The standard InChI is InChI=1S/C21H28N8S.HI/c1-3-19-25-21(30-26-19)28-12-10-27(11-13-28)20(22-2)23-15-17-6-4-7-18(14-17)16-29-9-5-8-24-29;/h4-9,14H,3,10-13,15-16H2,1-2H3,(H,22,23);1H. The second-order valence-electron chi connectivity index (χ2n) is 7.25. The van der Waals surface area contributed by atoms with Gasteiger partial charge in [0, 0.05) is 70.1 Å². The SMILES string of the molecule is CCc1nsc(N2CCN(C(=NC)NCc3cccc(Cn4cccn4)c3)CC2)n1.I. The summed E-state index contributed by atoms with van der Waals surface area (Å²) in [6.07, 6.45) is 4.68. The van der Waals surface area contributed by atoms with E-state index in [1.165, 1.54) is 22.7 Å². The van der Waals surface area contributed by atoms with Gasteiger partial charge in [-0.05, 0) is 17.2 Å². The molecule has 1 aromatic carbocycles. The second kappa shape index (κ2) is 11.4. The third-order valence-corrected chi connectivity index (χ3v) is 6.00. The summed E-state index contributed by atoms with van der Waals surface area (Å²) in [7, 11) is 1.85. The summed E-state index contributed by atoms with van der Waals surface area (Å²) in [6, 6.07) is 10.6. The Bertz CT molecular complexity index is 963. The molecule has 0 spiro atoms. The van der Waals surface area contributed by atoms with E-state index in [-0.39, 0.29) is 24.0 Å². The molecule has 2 aromatic heterocycles. The first-order valence-electron chi connectivity index (χ1n) is 10.3. The average Bonchev–Trinajstić information content (AvgIpc) is 3.47. The Labute approximate surface area is 204 Å². The van der Waals surface area contributed by atoms with E-state index in [1.54, 1.807) is 0 Å². The highest BCUT2D eigenvalue weighted by Gasteiger charge is 2.22. The molecule has 0 unspecified atom stereocenters. The molecule has 3 heterocycles. The number of aromatic nitrogens is 4. The summed E-state index contributed by atoms with van der Waals surface area (Å²) < 4.78 is 6.34. The minimum Gasteiger partial charge on any atom is -0.352 e. The zero-order valence-electron chi connectivity index (χ0n) is 17.9. The smallest absolute Gasteiger partial charge is 0.205 e. The number of nitrogens with zero attached hydrogens (tertiary/aromatic N) is 7. The summed E-state index contributed by atoms with van der Waals surface area (Å²) >= 11 is 1.50. The lowest BCUT2D eigenvalue weighted by atomic mass is 10.1. The van der Waals surface area contributed by atoms with Gasteiger partial charge in [0.25, 0.3) is 0 Å². The predicted octanol–water partition coefficient (Wildman–Crippen LogP) is 2.86. The predicted molar refractivity (Wildman–Crippen MR) is 136 cm³/mol. The molecule has 1 aliphatic rings. The molecule has 8 nitrogen and oxygen atoms in total. The van der Waals surface area contributed by atoms with E-state index in [1.807, 2.05) is 30.2 Å². The van der Waals surface area contributed by atoms with Gasteiger partial charge < -0.3 is 15.1 Å². The van der Waals surface area contributed by atoms with Gasteiger partial charge in [0.1, 0.15) is 5.82 Å². The van der Waals surface area contributed by atoms with Crippen molar-refractivity contribution in [1.82, 2.24) is 29.4 Å². The first kappa shape index (κ1) is 23.5. The van der Waals surface area contributed by atoms with E-state index in [4.69, 9.17) is 0 Å². The maximum atomic E-state index is 4.62. The lowest BCUT2D eigenvalue weighted by molar-refractivity contribution is 0.372. The van der Waals surface area contributed by atoms with Crippen molar-refractivity contribution in [2.75, 3.05) is 38.1 Å². The molecular formula is C21H29IN8S. The van der Waals surface area contributed by atoms with Crippen molar-refractivity contribution in [1.29, 1.82) is 0 Å². The molecule has 0 amide bonds. The van der Waals surface area contributed by atoms with E-state index in [9.17, 15) is 0 Å². The number of guanidine groups is 1. The molecule has 10 heteroatoms. The molecule has 3 aromatic rings. The molecule has 0 aliphatic carbocycles. The molecule has 0 radical (unpaired) electrons. The van der Waals surface area contributed by atoms with E-state index in [0.717, 1.165) is 62.6 Å². The van der Waals surface area contributed by atoms with Crippen molar-refractivity contribution in [3.8, 4) is 0 Å². The van der Waals surface area contributed by atoms with Gasteiger partial charge in [-0.15, -0.1) is 24.0 Å². The minimum atomic E-state index is 0. The molecule has 0 bridgehead atoms. The number of hydrogen-bond acceptors (Lipinski definition) is 6. The third kappa shape index (κ3) is 6.16. The highest BCUT2D eigenvalue weighted by Crippen LogP contribution is 2.19. The fourth-order valence-electron chi connectivity index (χ4n) is 3.56. The van der Waals surface area contributed by atoms with Gasteiger partial charge in [0.15, 0.2) is 5.96 Å². The summed E-state index contributed by atoms with van der Waals surface area (Å²) in [6.45, 7) is 7.31. The molecule has 0 saturated carbocycles. The van der Waals surface area contributed by atoms with E-state index < -0.39 is 0 Å². The fraction of sp³-hybridized carbons (Fsp3) is 0.429. The van der Waals surface area contributed by atoms with Gasteiger partial charge in [0.05, 0.1) is 6.54 Å². The number of nitrogens with one attached hydrogen (secondary N) is 1. The zero-order valence-corrected chi connectivity index (χ0v) is 21.1. The van der Waals surface area contributed by atoms with Crippen LogP contribution in [0.1, 0.15) is 23.9 Å². The Balaban J connectivity index is 0.00000272. The number of aryl methyl sites for hydroxylation is 1. The van der Waals surface area contributed by atoms with Crippen LogP contribution in [-0.4, -0.2) is 63.2 Å². The number of aliphatic imine (C=N–C) groups is 1. The number of halogens is 1. The van der Waals surface area contributed by atoms with Crippen LogP contribution in [0.4, 0.5) is 5.13 Å². The number of piperazine rings is 1. The Kier molecular flexibility index (Phi) is 8.64. The monoisotopic (exact) mass is 552 g/mol. The average molecular weight is 552 g/mol. The van der Waals surface area contributed by atoms with Crippen LogP contribution < -0.4 is 10.2 Å². The normalized spacial score (nSPS) is 14.5. The van der Waals surface area contributed by atoms with Gasteiger partial charge in [0.2, 0.25) is 5.13 Å². The number of rotatable bonds is 6. The molecule has 1 N–H and O–H groups in total. The van der Waals surface area contributed by atoms with E-state index >= 15 is 0 Å². The Morgan fingerprint density at radius 1 is 1.16 bits per heavy atom. The van der Waals surface area contributed by atoms with Crippen molar-refractivity contribution in [3.63, 3.8) is 0 Å². The fourth-order valence-corrected chi connectivity index (χ4v) is 4.36. The largest absolute Gasteiger partial charge is 0.352 e. The van der Waals surface area contributed by atoms with Crippen LogP contribution in [-0.2, 0) is 19.5 Å². The minimum absolute atomic E-state index is 0. The number of anilines is 1. The third-order valence-electron chi connectivity index (χ3n) is 5.18. The zero-order chi connectivity index (χ0) is 20.8. The molecule has 166 valence electrons. The van der Waals surface area contributed by atoms with Crippen molar-refractivity contribution < 1.29 is 0 Å². The Morgan fingerprint density at radius 2 is 1.97 bits per heavy atom. The molecule has 1 fully saturated rings. The van der Waals surface area contributed by atoms with Crippen LogP contribution in [0.25, 0.3) is 0 Å². The maximum Gasteiger partial charge on any atom is 0.205 e. The molecule has 1 aliphatic heterocycles. The van der Waals surface area contributed by atoms with Crippen LogP contribution in [0.2, 0.25) is 0 Å². The van der Waals surface area contributed by atoms with Gasteiger partial charge in [-0.1, -0.05) is 31.2 Å². The van der Waals surface area contributed by atoms with Crippen molar-refractivity contribution in [3.05, 3.63) is 59.7 Å². The number of benzene rings is 1. The van der Waals surface area contributed by atoms with Crippen LogP contribution in [0, 0.1) is 0 Å². The highest BCUT2D eigenvalue weighted by molar-refractivity contribution is 14.0. The van der Waals surface area contributed by atoms with Gasteiger partial charge in [-0.3, -0.25) is 9.67 Å². The van der Waals surface area contributed by atoms with E-state index in [2.05, 4.69) is 65.8 Å². The van der Waals surface area contributed by atoms with Crippen LogP contribution in [0.3, 0.4) is 0 Å². The number of hydrogen-bond donors (Lipinski definition) is 1. The van der Waals surface area contributed by atoms with Gasteiger partial charge in [-0.25, -0.2) is 4.98 Å². The summed E-state index contributed by atoms with van der Waals surface area (Å²) in [4.78, 5) is 13.7. The van der Waals surface area contributed by atoms with Crippen LogP contribution >= 0.6 is 35.5 Å². The second-order valence-corrected chi connectivity index (χ2v) is 7.98. The summed E-state index contributed by atoms with van der Waals surface area (Å²) in [5, 5.41) is 8.84. The molecule has 31 heavy (non-hydrogen) atoms. The quantitative estimate of drug-likeness (QED) is 0.288. The lowest BCUT2D eigenvalue weighted by Gasteiger charge is -2.36. The van der Waals surface area contributed by atoms with E-state index in [0.29, 0.717) is 0 Å². The first-order valence-corrected chi connectivity index (χ1v) is 11.1. The molecule has 4 rings (SSSR count). The first-order chi connectivity index (χ1) is 14.7. The summed E-state index contributed by atoms with van der Waals surface area (Å²) in [5.74, 6) is 1.88. The Morgan fingerprint density at radius 3 is 2.65 bits per heavy atom. The topological polar surface area (TPSA) is 74.5 Å². The Hall–Kier alpha value is -2.21. The van der Waals surface area contributed by atoms with Gasteiger partial charge in [-0.2, -0.15) is 9.47 Å². The molecular weight excluding hydrogens is 523 g/mol. The maximum absolute atomic E-state index is 4.62. The lowest BCUT2D eigenvalue weighted by Crippen LogP contribution is -2.52. The molecule has 0 atom stereocenters. The van der Waals surface area contributed by atoms with Crippen LogP contribution in [0.15, 0.2) is 47.7 Å². The van der Waals surface area contributed by atoms with Crippen LogP contribution in [0.5, 0.6) is 0 Å². The molecule has 1 saturated heterocycles.